The highest BCUT2D eigenvalue weighted by molar-refractivity contribution is 5.92. The van der Waals surface area contributed by atoms with Crippen molar-refractivity contribution in [2.75, 3.05) is 12.4 Å². The van der Waals surface area contributed by atoms with Crippen molar-refractivity contribution >= 4 is 17.7 Å². The number of anilines is 1. The average Bonchev–Trinajstić information content (AvgIpc) is 2.36. The second-order valence-electron chi connectivity index (χ2n) is 3.88. The van der Waals surface area contributed by atoms with Gasteiger partial charge in [-0.05, 0) is 31.2 Å². The number of methoxy groups -OCH3 is 1. The standard InChI is InChI=1S/C12H16N2O5/c1-7(15)10(11(16)17)14-12(18)13-8-3-5-9(19-2)6-4-8/h3-7,10,15H,1-2H3,(H,16,17)(H2,13,14,18)/t7-,10+/m1/s1. The summed E-state index contributed by atoms with van der Waals surface area (Å²) in [4.78, 5) is 22.4. The van der Waals surface area contributed by atoms with Gasteiger partial charge in [0.1, 0.15) is 5.75 Å². The van der Waals surface area contributed by atoms with Gasteiger partial charge in [0.05, 0.1) is 13.2 Å². The molecule has 2 atom stereocenters. The SMILES string of the molecule is COc1ccc(NC(=O)N[C@H](C(=O)O)[C@@H](C)O)cc1. The van der Waals surface area contributed by atoms with Crippen molar-refractivity contribution in [3.05, 3.63) is 24.3 Å². The number of nitrogens with one attached hydrogen (secondary N) is 2. The summed E-state index contributed by atoms with van der Waals surface area (Å²) in [5.74, 6) is -0.668. The van der Waals surface area contributed by atoms with Crippen LogP contribution in [0, 0.1) is 0 Å². The van der Waals surface area contributed by atoms with Gasteiger partial charge in [-0.15, -0.1) is 0 Å². The zero-order chi connectivity index (χ0) is 14.4. The number of rotatable bonds is 5. The molecular formula is C12H16N2O5. The van der Waals surface area contributed by atoms with Crippen LogP contribution in [0.5, 0.6) is 5.75 Å². The van der Waals surface area contributed by atoms with Crippen molar-refractivity contribution in [2.24, 2.45) is 0 Å². The van der Waals surface area contributed by atoms with E-state index in [-0.39, 0.29) is 0 Å². The third kappa shape index (κ3) is 4.47. The molecule has 1 rings (SSSR count). The van der Waals surface area contributed by atoms with E-state index in [4.69, 9.17) is 9.84 Å². The van der Waals surface area contributed by atoms with Crippen LogP contribution in [0.1, 0.15) is 6.92 Å². The van der Waals surface area contributed by atoms with E-state index < -0.39 is 24.1 Å². The van der Waals surface area contributed by atoms with Gasteiger partial charge in [0.2, 0.25) is 0 Å². The maximum atomic E-state index is 11.6. The zero-order valence-electron chi connectivity index (χ0n) is 10.6. The topological polar surface area (TPSA) is 108 Å². The van der Waals surface area contributed by atoms with Gasteiger partial charge >= 0.3 is 12.0 Å². The third-order valence-corrected chi connectivity index (χ3v) is 2.38. The van der Waals surface area contributed by atoms with Gasteiger partial charge in [-0.2, -0.15) is 0 Å². The molecule has 0 radical (unpaired) electrons. The predicted octanol–water partition coefficient (Wildman–Crippen LogP) is 0.651. The average molecular weight is 268 g/mol. The zero-order valence-corrected chi connectivity index (χ0v) is 10.6. The number of ether oxygens (including phenoxy) is 1. The molecule has 0 fully saturated rings. The summed E-state index contributed by atoms with van der Waals surface area (Å²) in [6.07, 6.45) is -1.20. The number of aliphatic hydroxyl groups excluding tert-OH is 1. The van der Waals surface area contributed by atoms with E-state index in [0.29, 0.717) is 11.4 Å². The van der Waals surface area contributed by atoms with Crippen LogP contribution in [0.3, 0.4) is 0 Å². The van der Waals surface area contributed by atoms with E-state index in [9.17, 15) is 14.7 Å². The van der Waals surface area contributed by atoms with Crippen molar-refractivity contribution in [2.45, 2.75) is 19.1 Å². The van der Waals surface area contributed by atoms with Gasteiger partial charge in [-0.1, -0.05) is 0 Å². The molecule has 1 aromatic rings. The second kappa shape index (κ2) is 6.60. The molecule has 0 unspecified atom stereocenters. The first-order chi connectivity index (χ1) is 8.93. The number of aliphatic hydroxyl groups is 1. The van der Waals surface area contributed by atoms with Crippen LogP contribution in [-0.2, 0) is 4.79 Å². The van der Waals surface area contributed by atoms with Crippen LogP contribution in [-0.4, -0.2) is 41.5 Å². The normalized spacial score (nSPS) is 13.2. The minimum Gasteiger partial charge on any atom is -0.497 e. The lowest BCUT2D eigenvalue weighted by atomic mass is 10.2. The van der Waals surface area contributed by atoms with Crippen LogP contribution in [0.2, 0.25) is 0 Å². The van der Waals surface area contributed by atoms with Gasteiger partial charge in [-0.25, -0.2) is 9.59 Å². The third-order valence-electron chi connectivity index (χ3n) is 2.38. The number of carboxylic acids is 1. The molecule has 0 aliphatic carbocycles. The highest BCUT2D eigenvalue weighted by Crippen LogP contribution is 2.14. The van der Waals surface area contributed by atoms with Crippen LogP contribution in [0.15, 0.2) is 24.3 Å². The van der Waals surface area contributed by atoms with E-state index in [1.807, 2.05) is 0 Å². The maximum Gasteiger partial charge on any atom is 0.328 e. The molecule has 4 N–H and O–H groups in total. The number of amides is 2. The molecule has 2 amide bonds. The van der Waals surface area contributed by atoms with Crippen molar-refractivity contribution < 1.29 is 24.5 Å². The van der Waals surface area contributed by atoms with Crippen LogP contribution >= 0.6 is 0 Å². The number of benzene rings is 1. The molecule has 19 heavy (non-hydrogen) atoms. The predicted molar refractivity (Wildman–Crippen MR) is 68.3 cm³/mol. The Morgan fingerprint density at radius 3 is 2.26 bits per heavy atom. The summed E-state index contributed by atoms with van der Waals surface area (Å²) < 4.78 is 4.96. The Bertz CT molecular complexity index is 444. The Hall–Kier alpha value is -2.28. The highest BCUT2D eigenvalue weighted by Gasteiger charge is 2.24. The van der Waals surface area contributed by atoms with E-state index >= 15 is 0 Å². The maximum absolute atomic E-state index is 11.6. The lowest BCUT2D eigenvalue weighted by Gasteiger charge is -2.17. The molecule has 1 aromatic carbocycles. The monoisotopic (exact) mass is 268 g/mol. The molecule has 0 bridgehead atoms. The first-order valence-electron chi connectivity index (χ1n) is 5.56. The van der Waals surface area contributed by atoms with E-state index in [1.54, 1.807) is 24.3 Å². The van der Waals surface area contributed by atoms with Crippen LogP contribution in [0.4, 0.5) is 10.5 Å². The molecule has 0 heterocycles. The first-order valence-corrected chi connectivity index (χ1v) is 5.56. The van der Waals surface area contributed by atoms with Crippen molar-refractivity contribution in [1.29, 1.82) is 0 Å². The molecule has 0 aliphatic rings. The minimum atomic E-state index is -1.36. The molecular weight excluding hydrogens is 252 g/mol. The Morgan fingerprint density at radius 2 is 1.84 bits per heavy atom. The quantitative estimate of drug-likeness (QED) is 0.627. The first kappa shape index (κ1) is 14.8. The summed E-state index contributed by atoms with van der Waals surface area (Å²) >= 11 is 0. The fraction of sp³-hybridized carbons (Fsp3) is 0.333. The van der Waals surface area contributed by atoms with Crippen LogP contribution in [0.25, 0.3) is 0 Å². The van der Waals surface area contributed by atoms with Crippen molar-refractivity contribution in [3.63, 3.8) is 0 Å². The Morgan fingerprint density at radius 1 is 1.26 bits per heavy atom. The van der Waals surface area contributed by atoms with Gasteiger partial charge < -0.3 is 25.6 Å². The van der Waals surface area contributed by atoms with Crippen molar-refractivity contribution in [3.8, 4) is 5.75 Å². The van der Waals surface area contributed by atoms with E-state index in [0.717, 1.165) is 0 Å². The number of carbonyl (C=O) groups is 2. The summed E-state index contributed by atoms with van der Waals surface area (Å²) in [6, 6.07) is 4.45. The summed E-state index contributed by atoms with van der Waals surface area (Å²) in [6.45, 7) is 1.28. The Labute approximate surface area is 110 Å². The highest BCUT2D eigenvalue weighted by atomic mass is 16.5. The summed E-state index contributed by atoms with van der Waals surface area (Å²) in [5.41, 5.74) is 0.480. The van der Waals surface area contributed by atoms with Gasteiger partial charge in [-0.3, -0.25) is 0 Å². The molecule has 104 valence electrons. The molecule has 0 aromatic heterocycles. The molecule has 0 aliphatic heterocycles. The molecule has 7 heteroatoms. The Balaban J connectivity index is 2.61. The fourth-order valence-corrected chi connectivity index (χ4v) is 1.37. The van der Waals surface area contributed by atoms with Gasteiger partial charge in [0.15, 0.2) is 6.04 Å². The molecule has 0 spiro atoms. The van der Waals surface area contributed by atoms with E-state index in [1.165, 1.54) is 14.0 Å². The molecule has 0 saturated heterocycles. The van der Waals surface area contributed by atoms with Gasteiger partial charge in [0, 0.05) is 5.69 Å². The van der Waals surface area contributed by atoms with E-state index in [2.05, 4.69) is 10.6 Å². The number of carboxylic acid groups (broad SMARTS) is 1. The van der Waals surface area contributed by atoms with Gasteiger partial charge in [0.25, 0.3) is 0 Å². The smallest absolute Gasteiger partial charge is 0.328 e. The van der Waals surface area contributed by atoms with Crippen molar-refractivity contribution in [1.82, 2.24) is 5.32 Å². The molecule has 7 nitrogen and oxygen atoms in total. The minimum absolute atomic E-state index is 0.480. The largest absolute Gasteiger partial charge is 0.497 e. The number of urea groups is 1. The number of hydrogen-bond acceptors (Lipinski definition) is 4. The summed E-state index contributed by atoms with van der Waals surface area (Å²) in [5, 5.41) is 22.6. The lowest BCUT2D eigenvalue weighted by molar-refractivity contribution is -0.141. The number of hydrogen-bond donors (Lipinski definition) is 4. The Kier molecular flexibility index (Phi) is 5.13. The second-order valence-corrected chi connectivity index (χ2v) is 3.88. The number of carbonyl (C=O) groups excluding carboxylic acids is 1. The molecule has 0 saturated carbocycles. The number of aliphatic carboxylic acids is 1. The summed E-state index contributed by atoms with van der Waals surface area (Å²) in [7, 11) is 1.52. The lowest BCUT2D eigenvalue weighted by Crippen LogP contribution is -2.49. The fourth-order valence-electron chi connectivity index (χ4n) is 1.37. The van der Waals surface area contributed by atoms with Crippen LogP contribution < -0.4 is 15.4 Å².